The van der Waals surface area contributed by atoms with E-state index in [0.29, 0.717) is 6.42 Å². The average molecular weight is 303 g/mol. The first kappa shape index (κ1) is 16.5. The lowest BCUT2D eigenvalue weighted by molar-refractivity contribution is -0.139. The maximum atomic E-state index is 12.3. The molecule has 1 aromatic carbocycles. The van der Waals surface area contributed by atoms with E-state index in [-0.39, 0.29) is 18.4 Å². The van der Waals surface area contributed by atoms with Gasteiger partial charge in [-0.3, -0.25) is 9.59 Å². The molecule has 0 spiro atoms. The number of carbonyl (C=O) groups excluding carboxylic acids is 2. The zero-order valence-corrected chi connectivity index (χ0v) is 13.7. The Morgan fingerprint density at radius 1 is 1.23 bits per heavy atom. The molecule has 120 valence electrons. The number of likely N-dealkylation sites (N-methyl/N-ethyl adjacent to an activating group) is 1. The van der Waals surface area contributed by atoms with E-state index in [0.717, 1.165) is 42.9 Å². The van der Waals surface area contributed by atoms with Gasteiger partial charge in [-0.2, -0.15) is 0 Å². The van der Waals surface area contributed by atoms with Crippen LogP contribution in [0.5, 0.6) is 0 Å². The molecule has 0 aromatic heterocycles. The van der Waals surface area contributed by atoms with Crippen molar-refractivity contribution in [3.63, 3.8) is 0 Å². The van der Waals surface area contributed by atoms with Crippen molar-refractivity contribution >= 4 is 11.8 Å². The summed E-state index contributed by atoms with van der Waals surface area (Å²) >= 11 is 0. The van der Waals surface area contributed by atoms with Crippen molar-refractivity contribution in [3.05, 3.63) is 34.9 Å². The van der Waals surface area contributed by atoms with Crippen LogP contribution in [0.15, 0.2) is 18.2 Å². The first-order valence-corrected chi connectivity index (χ1v) is 7.76. The second-order valence-electron chi connectivity index (χ2n) is 5.99. The van der Waals surface area contributed by atoms with E-state index >= 15 is 0 Å². The van der Waals surface area contributed by atoms with Gasteiger partial charge in [0.25, 0.3) is 0 Å². The van der Waals surface area contributed by atoms with Crippen LogP contribution in [-0.2, 0) is 16.0 Å². The van der Waals surface area contributed by atoms with Crippen molar-refractivity contribution in [1.29, 1.82) is 0 Å². The monoisotopic (exact) mass is 303 g/mol. The smallest absolute Gasteiger partial charge is 0.242 e. The summed E-state index contributed by atoms with van der Waals surface area (Å²) in [6, 6.07) is 6.12. The molecule has 0 aliphatic carbocycles. The number of nitrogens with one attached hydrogen (secondary N) is 1. The minimum atomic E-state index is -0.0165. The number of rotatable bonds is 4. The third-order valence-corrected chi connectivity index (χ3v) is 4.11. The first-order valence-electron chi connectivity index (χ1n) is 7.76. The van der Waals surface area contributed by atoms with Crippen LogP contribution in [0.3, 0.4) is 0 Å². The Balaban J connectivity index is 1.91. The summed E-state index contributed by atoms with van der Waals surface area (Å²) in [6.07, 6.45) is 0.346. The quantitative estimate of drug-likeness (QED) is 0.892. The molecule has 0 radical (unpaired) electrons. The third kappa shape index (κ3) is 4.31. The number of hydrogen-bond donors (Lipinski definition) is 1. The Morgan fingerprint density at radius 3 is 2.59 bits per heavy atom. The molecular formula is C17H25N3O2. The highest BCUT2D eigenvalue weighted by atomic mass is 16.2. The summed E-state index contributed by atoms with van der Waals surface area (Å²) < 4.78 is 0. The van der Waals surface area contributed by atoms with Crippen molar-refractivity contribution in [2.45, 2.75) is 20.3 Å². The SMILES string of the molecule is Cc1ccc(C)c(CC(=O)N(C)CC(=O)N2CCNCC2)c1. The number of carbonyl (C=O) groups is 2. The van der Waals surface area contributed by atoms with E-state index in [1.165, 1.54) is 4.90 Å². The van der Waals surface area contributed by atoms with Crippen molar-refractivity contribution in [1.82, 2.24) is 15.1 Å². The molecule has 2 rings (SSSR count). The molecule has 0 unspecified atom stereocenters. The highest BCUT2D eigenvalue weighted by molar-refractivity contribution is 5.86. The van der Waals surface area contributed by atoms with Crippen LogP contribution in [0, 0.1) is 13.8 Å². The van der Waals surface area contributed by atoms with Crippen molar-refractivity contribution in [3.8, 4) is 0 Å². The highest BCUT2D eigenvalue weighted by Crippen LogP contribution is 2.12. The molecule has 1 N–H and O–H groups in total. The van der Waals surface area contributed by atoms with E-state index in [2.05, 4.69) is 5.32 Å². The number of nitrogens with zero attached hydrogens (tertiary/aromatic N) is 2. The van der Waals surface area contributed by atoms with Gasteiger partial charge in [-0.25, -0.2) is 0 Å². The second-order valence-corrected chi connectivity index (χ2v) is 5.99. The van der Waals surface area contributed by atoms with Crippen molar-refractivity contribution in [2.75, 3.05) is 39.8 Å². The van der Waals surface area contributed by atoms with Gasteiger partial charge in [0.1, 0.15) is 0 Å². The second kappa shape index (κ2) is 7.40. The lowest BCUT2D eigenvalue weighted by atomic mass is 10.0. The molecule has 2 amide bonds. The van der Waals surface area contributed by atoms with E-state index in [4.69, 9.17) is 0 Å². The fourth-order valence-electron chi connectivity index (χ4n) is 2.59. The molecule has 5 heteroatoms. The maximum absolute atomic E-state index is 12.3. The topological polar surface area (TPSA) is 52.7 Å². The summed E-state index contributed by atoms with van der Waals surface area (Å²) in [5, 5.41) is 3.22. The largest absolute Gasteiger partial charge is 0.339 e. The van der Waals surface area contributed by atoms with Gasteiger partial charge in [0.15, 0.2) is 0 Å². The van der Waals surface area contributed by atoms with Gasteiger partial charge in [0.2, 0.25) is 11.8 Å². The molecule has 0 bridgehead atoms. The number of benzene rings is 1. The minimum absolute atomic E-state index is 0.0165. The molecule has 0 atom stereocenters. The number of piperazine rings is 1. The third-order valence-electron chi connectivity index (χ3n) is 4.11. The molecular weight excluding hydrogens is 278 g/mol. The Kier molecular flexibility index (Phi) is 5.55. The predicted octanol–water partition coefficient (Wildman–Crippen LogP) is 0.736. The molecule has 1 aliphatic heterocycles. The lowest BCUT2D eigenvalue weighted by Gasteiger charge is -2.29. The Hall–Kier alpha value is -1.88. The normalized spacial score (nSPS) is 14.8. The fraction of sp³-hybridized carbons (Fsp3) is 0.529. The predicted molar refractivity (Wildman–Crippen MR) is 86.7 cm³/mol. The minimum Gasteiger partial charge on any atom is -0.339 e. The van der Waals surface area contributed by atoms with Crippen LogP contribution in [0.4, 0.5) is 0 Å². The Bertz CT molecular complexity index is 551. The van der Waals surface area contributed by atoms with Gasteiger partial charge in [-0.1, -0.05) is 23.8 Å². The van der Waals surface area contributed by atoms with Gasteiger partial charge in [0, 0.05) is 33.2 Å². The van der Waals surface area contributed by atoms with E-state index in [1.807, 2.05) is 36.9 Å². The standard InChI is InChI=1S/C17H25N3O2/c1-13-4-5-14(2)15(10-13)11-16(21)19(3)12-17(22)20-8-6-18-7-9-20/h4-5,10,18H,6-9,11-12H2,1-3H3. The summed E-state index contributed by atoms with van der Waals surface area (Å²) in [7, 11) is 1.70. The average Bonchev–Trinajstić information content (AvgIpc) is 2.51. The molecule has 1 heterocycles. The van der Waals surface area contributed by atoms with E-state index in [9.17, 15) is 9.59 Å². The summed E-state index contributed by atoms with van der Waals surface area (Å²) in [5.41, 5.74) is 3.29. The van der Waals surface area contributed by atoms with Gasteiger partial charge in [-0.15, -0.1) is 0 Å². The number of hydrogen-bond acceptors (Lipinski definition) is 3. The van der Waals surface area contributed by atoms with Crippen LogP contribution in [0.1, 0.15) is 16.7 Å². The number of amides is 2. The Morgan fingerprint density at radius 2 is 1.91 bits per heavy atom. The van der Waals surface area contributed by atoms with Crippen LogP contribution >= 0.6 is 0 Å². The van der Waals surface area contributed by atoms with Crippen molar-refractivity contribution in [2.24, 2.45) is 0 Å². The van der Waals surface area contributed by atoms with Crippen molar-refractivity contribution < 1.29 is 9.59 Å². The highest BCUT2D eigenvalue weighted by Gasteiger charge is 2.20. The van der Waals surface area contributed by atoms with Gasteiger partial charge in [-0.05, 0) is 25.0 Å². The summed E-state index contributed by atoms with van der Waals surface area (Å²) in [6.45, 7) is 7.27. The van der Waals surface area contributed by atoms with Crippen LogP contribution in [-0.4, -0.2) is 61.4 Å². The molecule has 1 aliphatic rings. The molecule has 22 heavy (non-hydrogen) atoms. The Labute approximate surface area is 132 Å². The lowest BCUT2D eigenvalue weighted by Crippen LogP contribution is -2.49. The van der Waals surface area contributed by atoms with Gasteiger partial charge >= 0.3 is 0 Å². The molecule has 5 nitrogen and oxygen atoms in total. The zero-order valence-electron chi connectivity index (χ0n) is 13.7. The van der Waals surface area contributed by atoms with Gasteiger partial charge in [0.05, 0.1) is 13.0 Å². The molecule has 1 aromatic rings. The molecule has 0 saturated carbocycles. The van der Waals surface area contributed by atoms with Crippen LogP contribution in [0.25, 0.3) is 0 Å². The summed E-state index contributed by atoms with van der Waals surface area (Å²) in [4.78, 5) is 27.9. The summed E-state index contributed by atoms with van der Waals surface area (Å²) in [5.74, 6) is 0.00972. The molecule has 1 fully saturated rings. The fourth-order valence-corrected chi connectivity index (χ4v) is 2.59. The van der Waals surface area contributed by atoms with E-state index < -0.39 is 0 Å². The molecule has 1 saturated heterocycles. The number of aryl methyl sites for hydroxylation is 2. The first-order chi connectivity index (χ1) is 10.5. The van der Waals surface area contributed by atoms with Crippen LogP contribution in [0.2, 0.25) is 0 Å². The van der Waals surface area contributed by atoms with E-state index in [1.54, 1.807) is 7.05 Å². The van der Waals surface area contributed by atoms with Gasteiger partial charge < -0.3 is 15.1 Å². The van der Waals surface area contributed by atoms with Crippen LogP contribution < -0.4 is 5.32 Å². The maximum Gasteiger partial charge on any atom is 0.242 e. The zero-order chi connectivity index (χ0) is 16.1.